The fraction of sp³-hybridized carbons (Fsp3) is 0.345. The van der Waals surface area contributed by atoms with E-state index in [1.54, 1.807) is 6.07 Å². The van der Waals surface area contributed by atoms with Crippen LogP contribution in [-0.4, -0.2) is 66.9 Å². The first-order valence-corrected chi connectivity index (χ1v) is 13.4. The lowest BCUT2D eigenvalue weighted by atomic mass is 10.0. The van der Waals surface area contributed by atoms with Crippen molar-refractivity contribution in [2.75, 3.05) is 13.2 Å². The maximum atomic E-state index is 14.8. The second kappa shape index (κ2) is 15.1. The molecule has 0 unspecified atom stereocenters. The van der Waals surface area contributed by atoms with Crippen molar-refractivity contribution in [2.45, 2.75) is 51.3 Å². The summed E-state index contributed by atoms with van der Waals surface area (Å²) in [6, 6.07) is 9.85. The van der Waals surface area contributed by atoms with Crippen LogP contribution in [0.3, 0.4) is 0 Å². The fourth-order valence-corrected chi connectivity index (χ4v) is 4.98. The lowest BCUT2D eigenvalue weighted by Crippen LogP contribution is -2.60. The van der Waals surface area contributed by atoms with Gasteiger partial charge in [0.25, 0.3) is 0 Å². The summed E-state index contributed by atoms with van der Waals surface area (Å²) in [6.07, 6.45) is 2.17. The largest absolute Gasteiger partial charge is 0.483 e. The molecule has 0 spiro atoms. The van der Waals surface area contributed by atoms with Crippen molar-refractivity contribution in [1.82, 2.24) is 24.4 Å². The Morgan fingerprint density at radius 1 is 1.16 bits per heavy atom. The molecule has 16 heteroatoms. The third-order valence-corrected chi connectivity index (χ3v) is 7.56. The molecular formula is C29H32F2N6O5S3. The van der Waals surface area contributed by atoms with Gasteiger partial charge >= 0.3 is 5.97 Å². The van der Waals surface area contributed by atoms with Crippen LogP contribution < -0.4 is 9.47 Å². The van der Waals surface area contributed by atoms with Gasteiger partial charge in [-0.05, 0) is 43.7 Å². The van der Waals surface area contributed by atoms with Gasteiger partial charge in [-0.2, -0.15) is 50.7 Å². The van der Waals surface area contributed by atoms with Crippen molar-refractivity contribution >= 4 is 57.5 Å². The number of likely N-dealkylation sites (tertiary alicyclic amines) is 1. The van der Waals surface area contributed by atoms with Crippen LogP contribution in [0.1, 0.15) is 40.9 Å². The van der Waals surface area contributed by atoms with Gasteiger partial charge in [0, 0.05) is 31.5 Å². The number of aromatic nitrogens is 4. The average molecular weight is 679 g/mol. The van der Waals surface area contributed by atoms with Gasteiger partial charge in [0.2, 0.25) is 5.88 Å². The number of aromatic carboxylic acids is 1. The molecule has 2 saturated heterocycles. The van der Waals surface area contributed by atoms with E-state index < -0.39 is 17.6 Å². The number of nitriles is 1. The molecule has 2 aromatic heterocycles. The average Bonchev–Trinajstić information content (AvgIpc) is 3.31. The number of benzene rings is 2. The maximum absolute atomic E-state index is 14.8. The Morgan fingerprint density at radius 3 is 2.58 bits per heavy atom. The third kappa shape index (κ3) is 7.61. The van der Waals surface area contributed by atoms with E-state index in [2.05, 4.69) is 19.9 Å². The Morgan fingerprint density at radius 2 is 1.93 bits per heavy atom. The van der Waals surface area contributed by atoms with Crippen LogP contribution in [0.5, 0.6) is 11.6 Å². The second-order valence-electron chi connectivity index (χ2n) is 10.2. The molecule has 240 valence electrons. The van der Waals surface area contributed by atoms with Crippen LogP contribution >= 0.6 is 40.5 Å². The minimum atomic E-state index is -1.21. The van der Waals surface area contributed by atoms with Crippen molar-refractivity contribution in [3.8, 4) is 17.7 Å². The molecule has 2 fully saturated rings. The summed E-state index contributed by atoms with van der Waals surface area (Å²) in [5, 5.41) is 18.3. The number of imidazole rings is 1. The number of carboxylic acid groups (broad SMARTS) is 1. The number of halogens is 2. The number of nitrogens with zero attached hydrogens (tertiary/aromatic N) is 6. The summed E-state index contributed by atoms with van der Waals surface area (Å²) in [6.45, 7) is 3.98. The minimum absolute atomic E-state index is 0. The number of fused-ring (bicyclic) bond motifs is 1. The zero-order valence-corrected chi connectivity index (χ0v) is 27.0. The monoisotopic (exact) mass is 678 g/mol. The maximum Gasteiger partial charge on any atom is 0.335 e. The number of carbonyl (C=O) groups is 1. The number of hydrogen-bond acceptors (Lipinski definition) is 9. The highest BCUT2D eigenvalue weighted by Gasteiger charge is 2.38. The molecule has 2 aromatic carbocycles. The molecule has 45 heavy (non-hydrogen) atoms. The van der Waals surface area contributed by atoms with Crippen molar-refractivity contribution < 1.29 is 32.9 Å². The third-order valence-electron chi connectivity index (χ3n) is 7.56. The lowest BCUT2D eigenvalue weighted by molar-refractivity contribution is -0.0616. The highest BCUT2D eigenvalue weighted by Crippen LogP contribution is 2.29. The van der Waals surface area contributed by atoms with Crippen LogP contribution in [0.2, 0.25) is 0 Å². The minimum Gasteiger partial charge on any atom is -0.483 e. The van der Waals surface area contributed by atoms with Gasteiger partial charge < -0.3 is 23.9 Å². The summed E-state index contributed by atoms with van der Waals surface area (Å²) < 4.78 is 48.0. The van der Waals surface area contributed by atoms with Crippen molar-refractivity contribution in [1.29, 1.82) is 5.26 Å². The Bertz CT molecular complexity index is 1720. The second-order valence-corrected chi connectivity index (χ2v) is 10.2. The molecule has 0 bridgehead atoms. The summed E-state index contributed by atoms with van der Waals surface area (Å²) in [5.74, 6) is -1.29. The molecule has 2 aliphatic rings. The molecule has 6 rings (SSSR count). The van der Waals surface area contributed by atoms with E-state index in [-0.39, 0.29) is 87.7 Å². The molecular weight excluding hydrogens is 647 g/mol. The molecule has 0 amide bonds. The lowest BCUT2D eigenvalue weighted by Gasteiger charge is -2.45. The SMILES string of the molecule is C[C@H]1[C@@H](Oc2ccnc(COc3ccc(C#N)cc3F)n2)CN1Cc1nc2c(F)cc(C(=O)O)cc2n1C[C@@H]1CCO1.S.S.S. The van der Waals surface area contributed by atoms with E-state index in [4.69, 9.17) is 19.5 Å². The predicted molar refractivity (Wildman–Crippen MR) is 174 cm³/mol. The molecule has 3 atom stereocenters. The van der Waals surface area contributed by atoms with E-state index in [0.717, 1.165) is 18.6 Å². The zero-order chi connectivity index (χ0) is 29.4. The van der Waals surface area contributed by atoms with Crippen LogP contribution in [0, 0.1) is 23.0 Å². The Balaban J connectivity index is 0.00000184. The van der Waals surface area contributed by atoms with Gasteiger partial charge in [0.15, 0.2) is 23.2 Å². The molecule has 4 aromatic rings. The van der Waals surface area contributed by atoms with Gasteiger partial charge in [-0.1, -0.05) is 0 Å². The summed E-state index contributed by atoms with van der Waals surface area (Å²) in [4.78, 5) is 26.7. The number of carboxylic acids is 1. The summed E-state index contributed by atoms with van der Waals surface area (Å²) in [7, 11) is 0. The van der Waals surface area contributed by atoms with Crippen molar-refractivity contribution in [3.63, 3.8) is 0 Å². The smallest absolute Gasteiger partial charge is 0.335 e. The molecule has 0 saturated carbocycles. The van der Waals surface area contributed by atoms with Crippen LogP contribution in [0.25, 0.3) is 11.0 Å². The predicted octanol–water partition coefficient (Wildman–Crippen LogP) is 4.03. The van der Waals surface area contributed by atoms with Crippen LogP contribution in [0.15, 0.2) is 42.6 Å². The van der Waals surface area contributed by atoms with E-state index >= 15 is 0 Å². The molecule has 4 heterocycles. The van der Waals surface area contributed by atoms with E-state index in [0.29, 0.717) is 49.3 Å². The van der Waals surface area contributed by atoms with E-state index in [1.807, 2.05) is 17.6 Å². The highest BCUT2D eigenvalue weighted by atomic mass is 32.1. The standard InChI is InChI=1S/C29H26F2N6O5.3H2S/c1-16-24(42-27-4-6-33-25(34-27)15-41-23-3-2-17(11-32)8-20(23)30)13-36(16)14-26-35-28-21(31)9-18(29(38)39)10-22(28)37(26)12-19-5-7-40-19;;;/h2-4,6,8-10,16,19,24H,5,7,12-15H2,1H3,(H,38,39);3*1H2/t16-,19-,24-;;;/m0.../s1. The van der Waals surface area contributed by atoms with E-state index in [1.165, 1.54) is 24.4 Å². The van der Waals surface area contributed by atoms with Crippen molar-refractivity contribution in [2.24, 2.45) is 0 Å². The van der Waals surface area contributed by atoms with Crippen molar-refractivity contribution in [3.05, 3.63) is 77.0 Å². The van der Waals surface area contributed by atoms with Gasteiger partial charge in [-0.3, -0.25) is 4.90 Å². The topological polar surface area (TPSA) is 136 Å². The quantitative estimate of drug-likeness (QED) is 0.262. The first-order chi connectivity index (χ1) is 20.3. The Hall–Kier alpha value is -3.62. The summed E-state index contributed by atoms with van der Waals surface area (Å²) in [5.41, 5.74) is 0.617. The normalized spacial score (nSPS) is 18.7. The Kier molecular flexibility index (Phi) is 12.0. The van der Waals surface area contributed by atoms with E-state index in [9.17, 15) is 18.7 Å². The molecule has 11 nitrogen and oxygen atoms in total. The van der Waals surface area contributed by atoms with Crippen LogP contribution in [0.4, 0.5) is 8.78 Å². The van der Waals surface area contributed by atoms with Gasteiger partial charge in [-0.25, -0.2) is 23.5 Å². The fourth-order valence-electron chi connectivity index (χ4n) is 4.98. The first-order valence-electron chi connectivity index (χ1n) is 13.4. The van der Waals surface area contributed by atoms with Gasteiger partial charge in [0.05, 0.1) is 41.9 Å². The highest BCUT2D eigenvalue weighted by molar-refractivity contribution is 7.59. The van der Waals surface area contributed by atoms with Gasteiger partial charge in [0.1, 0.15) is 24.1 Å². The molecule has 1 N–H and O–H groups in total. The summed E-state index contributed by atoms with van der Waals surface area (Å²) >= 11 is 0. The van der Waals surface area contributed by atoms with Gasteiger partial charge in [-0.15, -0.1) is 0 Å². The molecule has 2 aliphatic heterocycles. The number of rotatable bonds is 10. The zero-order valence-electron chi connectivity index (χ0n) is 24.0. The number of ether oxygens (including phenoxy) is 3. The Labute approximate surface area is 278 Å². The molecule has 0 radical (unpaired) electrons. The number of hydrogen-bond donors (Lipinski definition) is 1. The molecule has 0 aliphatic carbocycles. The van der Waals surface area contributed by atoms with Crippen LogP contribution in [-0.2, 0) is 24.4 Å². The first kappa shape index (κ1) is 35.9.